The van der Waals surface area contributed by atoms with Gasteiger partial charge in [0, 0.05) is 0 Å². The zero-order valence-electron chi connectivity index (χ0n) is 7.68. The van der Waals surface area contributed by atoms with Crippen LogP contribution in [0.3, 0.4) is 0 Å². The van der Waals surface area contributed by atoms with Gasteiger partial charge in [-0.1, -0.05) is 6.42 Å². The molecular weight excluding hydrogens is 154 g/mol. The number of hydrogen-bond donors (Lipinski definition) is 1. The fraction of sp³-hybridized carbons (Fsp3) is 1.00. The van der Waals surface area contributed by atoms with Gasteiger partial charge in [0.15, 0.2) is 0 Å². The predicted octanol–water partition coefficient (Wildman–Crippen LogP) is 0.793. The van der Waals surface area contributed by atoms with Crippen LogP contribution in [-0.2, 0) is 9.47 Å². The van der Waals surface area contributed by atoms with E-state index in [9.17, 15) is 0 Å². The van der Waals surface area contributed by atoms with Crippen LogP contribution in [0.4, 0.5) is 0 Å². The van der Waals surface area contributed by atoms with E-state index in [0.717, 1.165) is 26.4 Å². The van der Waals surface area contributed by atoms with Crippen molar-refractivity contribution < 1.29 is 9.47 Å². The van der Waals surface area contributed by atoms with Gasteiger partial charge in [0.25, 0.3) is 0 Å². The number of nitrogens with one attached hydrogen (secondary N) is 1. The molecule has 0 aromatic carbocycles. The monoisotopic (exact) mass is 173 g/mol. The normalized spacial score (nSPS) is 24.0. The number of rotatable bonds is 0. The van der Waals surface area contributed by atoms with Crippen molar-refractivity contribution in [2.75, 3.05) is 39.5 Å². The van der Waals surface area contributed by atoms with Crippen LogP contribution in [0, 0.1) is 0 Å². The van der Waals surface area contributed by atoms with Crippen molar-refractivity contribution in [2.24, 2.45) is 0 Å². The fourth-order valence-electron chi connectivity index (χ4n) is 1.24. The van der Waals surface area contributed by atoms with E-state index in [2.05, 4.69) is 5.32 Å². The van der Waals surface area contributed by atoms with Gasteiger partial charge in [0.05, 0.1) is 26.4 Å². The Morgan fingerprint density at radius 2 is 1.17 bits per heavy atom. The second-order valence-electron chi connectivity index (χ2n) is 3.04. The number of ether oxygens (including phenoxy) is 2. The molecule has 0 saturated carbocycles. The summed E-state index contributed by atoms with van der Waals surface area (Å²) < 4.78 is 9.89. The molecule has 0 radical (unpaired) electrons. The maximum Gasteiger partial charge on any atom is 0.0701 e. The Morgan fingerprint density at radius 3 is 1.33 bits per heavy atom. The standard InChI is InChI=1S/C5H11N.C4H8O2/c1-2-4-6-5-3-1;1-2-6-4-3-5-1/h6H,1-5H2;1-4H2. The van der Waals surface area contributed by atoms with E-state index in [-0.39, 0.29) is 0 Å². The van der Waals surface area contributed by atoms with Gasteiger partial charge in [-0.2, -0.15) is 0 Å². The molecular formula is C9H19NO2. The minimum absolute atomic E-state index is 0.778. The Hall–Kier alpha value is -0.120. The van der Waals surface area contributed by atoms with Gasteiger partial charge in [-0.05, 0) is 25.9 Å². The average molecular weight is 173 g/mol. The predicted molar refractivity (Wildman–Crippen MR) is 48.4 cm³/mol. The second-order valence-corrected chi connectivity index (χ2v) is 3.04. The van der Waals surface area contributed by atoms with Gasteiger partial charge >= 0.3 is 0 Å². The molecule has 0 bridgehead atoms. The van der Waals surface area contributed by atoms with Crippen LogP contribution in [0.5, 0.6) is 0 Å². The van der Waals surface area contributed by atoms with Crippen molar-refractivity contribution >= 4 is 0 Å². The Morgan fingerprint density at radius 1 is 0.667 bits per heavy atom. The van der Waals surface area contributed by atoms with Crippen LogP contribution >= 0.6 is 0 Å². The van der Waals surface area contributed by atoms with Crippen molar-refractivity contribution in [3.63, 3.8) is 0 Å². The van der Waals surface area contributed by atoms with Gasteiger partial charge in [-0.25, -0.2) is 0 Å². The smallest absolute Gasteiger partial charge is 0.0701 e. The highest BCUT2D eigenvalue weighted by molar-refractivity contribution is 4.55. The molecule has 2 aliphatic heterocycles. The molecule has 0 aromatic heterocycles. The van der Waals surface area contributed by atoms with Crippen molar-refractivity contribution in [1.82, 2.24) is 5.32 Å². The van der Waals surface area contributed by atoms with Crippen LogP contribution < -0.4 is 5.32 Å². The summed E-state index contributed by atoms with van der Waals surface area (Å²) in [7, 11) is 0. The van der Waals surface area contributed by atoms with Crippen LogP contribution in [0.2, 0.25) is 0 Å². The zero-order chi connectivity index (χ0) is 8.49. The molecule has 3 heteroatoms. The third-order valence-electron chi connectivity index (χ3n) is 1.95. The lowest BCUT2D eigenvalue weighted by Crippen LogP contribution is -2.21. The molecule has 0 atom stereocenters. The summed E-state index contributed by atoms with van der Waals surface area (Å²) in [5, 5.41) is 3.28. The average Bonchev–Trinajstić information content (AvgIpc) is 2.24. The largest absolute Gasteiger partial charge is 0.377 e. The lowest BCUT2D eigenvalue weighted by Gasteiger charge is -2.09. The highest BCUT2D eigenvalue weighted by atomic mass is 16.6. The van der Waals surface area contributed by atoms with Crippen LogP contribution in [0.1, 0.15) is 19.3 Å². The number of hydrogen-bond acceptors (Lipinski definition) is 3. The third-order valence-corrected chi connectivity index (χ3v) is 1.95. The summed E-state index contributed by atoms with van der Waals surface area (Å²) in [6.45, 7) is 5.61. The maximum absolute atomic E-state index is 4.94. The van der Waals surface area contributed by atoms with Crippen LogP contribution in [0.25, 0.3) is 0 Å². The summed E-state index contributed by atoms with van der Waals surface area (Å²) in [5.41, 5.74) is 0. The first-order chi connectivity index (χ1) is 6.00. The van der Waals surface area contributed by atoms with Crippen molar-refractivity contribution in [3.05, 3.63) is 0 Å². The molecule has 0 aliphatic carbocycles. The zero-order valence-corrected chi connectivity index (χ0v) is 7.68. The molecule has 0 aromatic rings. The van der Waals surface area contributed by atoms with E-state index in [0.29, 0.717) is 0 Å². The lowest BCUT2D eigenvalue weighted by atomic mass is 10.2. The first-order valence-corrected chi connectivity index (χ1v) is 4.86. The van der Waals surface area contributed by atoms with Gasteiger partial charge < -0.3 is 14.8 Å². The van der Waals surface area contributed by atoms with Crippen LogP contribution in [0.15, 0.2) is 0 Å². The summed E-state index contributed by atoms with van der Waals surface area (Å²) in [5.74, 6) is 0. The van der Waals surface area contributed by atoms with E-state index in [1.165, 1.54) is 32.4 Å². The van der Waals surface area contributed by atoms with Gasteiger partial charge in [-0.3, -0.25) is 0 Å². The first-order valence-electron chi connectivity index (χ1n) is 4.86. The molecule has 1 N–H and O–H groups in total. The Balaban J connectivity index is 0.000000120. The summed E-state index contributed by atoms with van der Waals surface area (Å²) in [4.78, 5) is 0. The Labute approximate surface area is 74.4 Å². The minimum atomic E-state index is 0.778. The van der Waals surface area contributed by atoms with Crippen molar-refractivity contribution in [3.8, 4) is 0 Å². The molecule has 0 amide bonds. The van der Waals surface area contributed by atoms with Gasteiger partial charge in [0.1, 0.15) is 0 Å². The van der Waals surface area contributed by atoms with Gasteiger partial charge in [0.2, 0.25) is 0 Å². The second kappa shape index (κ2) is 7.53. The quantitative estimate of drug-likeness (QED) is 0.587. The highest BCUT2D eigenvalue weighted by Crippen LogP contribution is 1.96. The van der Waals surface area contributed by atoms with Gasteiger partial charge in [-0.15, -0.1) is 0 Å². The molecule has 0 spiro atoms. The summed E-state index contributed by atoms with van der Waals surface area (Å²) >= 11 is 0. The maximum atomic E-state index is 4.94. The fourth-order valence-corrected chi connectivity index (χ4v) is 1.24. The van der Waals surface area contributed by atoms with E-state index in [1.807, 2.05) is 0 Å². The lowest BCUT2D eigenvalue weighted by molar-refractivity contribution is -0.0334. The van der Waals surface area contributed by atoms with E-state index in [1.54, 1.807) is 0 Å². The van der Waals surface area contributed by atoms with Crippen molar-refractivity contribution in [2.45, 2.75) is 19.3 Å². The molecule has 72 valence electrons. The summed E-state index contributed by atoms with van der Waals surface area (Å²) in [6.07, 6.45) is 4.22. The van der Waals surface area contributed by atoms with Crippen LogP contribution in [-0.4, -0.2) is 39.5 Å². The third kappa shape index (κ3) is 5.52. The topological polar surface area (TPSA) is 30.5 Å². The molecule has 2 saturated heterocycles. The molecule has 3 nitrogen and oxygen atoms in total. The Bertz CT molecular complexity index is 55.5. The molecule has 2 fully saturated rings. The number of piperidine rings is 1. The Kier molecular flexibility index (Phi) is 6.25. The van der Waals surface area contributed by atoms with E-state index >= 15 is 0 Å². The van der Waals surface area contributed by atoms with Crippen molar-refractivity contribution in [1.29, 1.82) is 0 Å². The van der Waals surface area contributed by atoms with E-state index < -0.39 is 0 Å². The molecule has 2 aliphatic rings. The molecule has 2 heterocycles. The molecule has 2 rings (SSSR count). The first kappa shape index (κ1) is 9.96. The molecule has 0 unspecified atom stereocenters. The van der Waals surface area contributed by atoms with E-state index in [4.69, 9.17) is 9.47 Å². The SMILES string of the molecule is C1CCNCC1.C1COCCO1. The summed E-state index contributed by atoms with van der Waals surface area (Å²) in [6, 6.07) is 0. The highest BCUT2D eigenvalue weighted by Gasteiger charge is 1.94. The molecule has 12 heavy (non-hydrogen) atoms. The minimum Gasteiger partial charge on any atom is -0.377 e.